The number of rotatable bonds is 5. The minimum absolute atomic E-state index is 0.00190. The van der Waals surface area contributed by atoms with Crippen molar-refractivity contribution in [2.75, 3.05) is 9.80 Å². The third-order valence-corrected chi connectivity index (χ3v) is 5.98. The highest BCUT2D eigenvalue weighted by atomic mass is 16.2. The van der Waals surface area contributed by atoms with Gasteiger partial charge in [0.25, 0.3) is 0 Å². The zero-order valence-corrected chi connectivity index (χ0v) is 18.1. The third kappa shape index (κ3) is 4.38. The van der Waals surface area contributed by atoms with E-state index in [1.807, 2.05) is 82.6 Å². The van der Waals surface area contributed by atoms with Crippen LogP contribution < -0.4 is 9.80 Å². The summed E-state index contributed by atoms with van der Waals surface area (Å²) in [5.41, 5.74) is 3.98. The average Bonchev–Trinajstić information content (AvgIpc) is 2.79. The van der Waals surface area contributed by atoms with E-state index < -0.39 is 0 Å². The standard InChI is InChI=1S/C27H28N2O2/c1-20-19-26(29(21(2)30)23-13-7-4-8-14-23)24-15-9-10-16-25(24)28(20)27(31)18-17-22-11-5-3-6-12-22/h3-16,20,26H,17-19H2,1-2H3/t20-,26+/m1/s1. The molecule has 2 atom stereocenters. The summed E-state index contributed by atoms with van der Waals surface area (Å²) in [6.45, 7) is 3.68. The van der Waals surface area contributed by atoms with Gasteiger partial charge >= 0.3 is 0 Å². The van der Waals surface area contributed by atoms with Crippen molar-refractivity contribution in [2.24, 2.45) is 0 Å². The van der Waals surface area contributed by atoms with E-state index in [0.29, 0.717) is 12.8 Å². The lowest BCUT2D eigenvalue weighted by Gasteiger charge is -2.43. The Kier molecular flexibility index (Phi) is 6.17. The summed E-state index contributed by atoms with van der Waals surface area (Å²) < 4.78 is 0. The van der Waals surface area contributed by atoms with Crippen LogP contribution in [-0.2, 0) is 16.0 Å². The average molecular weight is 413 g/mol. The van der Waals surface area contributed by atoms with Crippen LogP contribution >= 0.6 is 0 Å². The van der Waals surface area contributed by atoms with Crippen LogP contribution in [0.5, 0.6) is 0 Å². The first-order valence-corrected chi connectivity index (χ1v) is 10.9. The highest BCUT2D eigenvalue weighted by molar-refractivity contribution is 5.97. The topological polar surface area (TPSA) is 40.6 Å². The summed E-state index contributed by atoms with van der Waals surface area (Å²) in [5.74, 6) is 0.124. The molecule has 4 heteroatoms. The van der Waals surface area contributed by atoms with Crippen molar-refractivity contribution in [3.05, 3.63) is 96.1 Å². The Morgan fingerprint density at radius 2 is 1.52 bits per heavy atom. The fourth-order valence-electron chi connectivity index (χ4n) is 4.59. The van der Waals surface area contributed by atoms with E-state index in [2.05, 4.69) is 19.1 Å². The van der Waals surface area contributed by atoms with E-state index in [0.717, 1.165) is 23.4 Å². The molecular weight excluding hydrogens is 384 g/mol. The zero-order valence-electron chi connectivity index (χ0n) is 18.1. The van der Waals surface area contributed by atoms with E-state index in [1.54, 1.807) is 6.92 Å². The van der Waals surface area contributed by atoms with Crippen LogP contribution in [0.2, 0.25) is 0 Å². The largest absolute Gasteiger partial charge is 0.309 e. The highest BCUT2D eigenvalue weighted by Crippen LogP contribution is 2.42. The fourth-order valence-corrected chi connectivity index (χ4v) is 4.59. The number of hydrogen-bond donors (Lipinski definition) is 0. The molecule has 0 aromatic heterocycles. The van der Waals surface area contributed by atoms with Gasteiger partial charge in [0.05, 0.1) is 6.04 Å². The SMILES string of the molecule is CC(=O)N(c1ccccc1)[C@H]1C[C@@H](C)N(C(=O)CCc2ccccc2)c2ccccc21. The Morgan fingerprint density at radius 1 is 0.903 bits per heavy atom. The Labute approximate surface area is 184 Å². The van der Waals surface area contributed by atoms with E-state index in [9.17, 15) is 9.59 Å². The summed E-state index contributed by atoms with van der Waals surface area (Å²) in [4.78, 5) is 29.7. The summed E-state index contributed by atoms with van der Waals surface area (Å²) in [7, 11) is 0. The Morgan fingerprint density at radius 3 is 2.19 bits per heavy atom. The lowest BCUT2D eigenvalue weighted by atomic mass is 9.89. The number of hydrogen-bond acceptors (Lipinski definition) is 2. The predicted molar refractivity (Wildman–Crippen MR) is 125 cm³/mol. The number of benzene rings is 3. The molecule has 2 amide bonds. The molecule has 4 rings (SSSR count). The molecule has 0 radical (unpaired) electrons. The van der Waals surface area contributed by atoms with Gasteiger partial charge < -0.3 is 9.80 Å². The Hall–Kier alpha value is -3.40. The van der Waals surface area contributed by atoms with Crippen molar-refractivity contribution in [3.63, 3.8) is 0 Å². The van der Waals surface area contributed by atoms with Crippen molar-refractivity contribution < 1.29 is 9.59 Å². The first-order valence-electron chi connectivity index (χ1n) is 10.9. The van der Waals surface area contributed by atoms with Crippen molar-refractivity contribution >= 4 is 23.2 Å². The molecule has 0 spiro atoms. The van der Waals surface area contributed by atoms with Crippen LogP contribution in [0, 0.1) is 0 Å². The number of carbonyl (C=O) groups is 2. The predicted octanol–water partition coefficient (Wildman–Crippen LogP) is 5.54. The summed E-state index contributed by atoms with van der Waals surface area (Å²) in [6, 6.07) is 27.8. The second-order valence-corrected chi connectivity index (χ2v) is 8.13. The van der Waals surface area contributed by atoms with Gasteiger partial charge in [-0.2, -0.15) is 0 Å². The molecule has 1 heterocycles. The van der Waals surface area contributed by atoms with Crippen LogP contribution in [0.15, 0.2) is 84.9 Å². The molecule has 0 bridgehead atoms. The third-order valence-electron chi connectivity index (χ3n) is 5.98. The molecule has 0 unspecified atom stereocenters. The van der Waals surface area contributed by atoms with Gasteiger partial charge in [-0.15, -0.1) is 0 Å². The van der Waals surface area contributed by atoms with E-state index in [-0.39, 0.29) is 23.9 Å². The van der Waals surface area contributed by atoms with Gasteiger partial charge in [0.2, 0.25) is 11.8 Å². The Balaban J connectivity index is 1.64. The lowest BCUT2D eigenvalue weighted by molar-refractivity contribution is -0.119. The Bertz CT molecular complexity index is 1050. The number of nitrogens with zero attached hydrogens (tertiary/aromatic N) is 2. The smallest absolute Gasteiger partial charge is 0.227 e. The van der Waals surface area contributed by atoms with Crippen molar-refractivity contribution in [1.29, 1.82) is 0 Å². The van der Waals surface area contributed by atoms with E-state index >= 15 is 0 Å². The van der Waals surface area contributed by atoms with Crippen molar-refractivity contribution in [2.45, 2.75) is 45.2 Å². The molecular formula is C27H28N2O2. The first kappa shape index (κ1) is 20.9. The van der Waals surface area contributed by atoms with Crippen LogP contribution in [0.4, 0.5) is 11.4 Å². The molecule has 3 aromatic rings. The van der Waals surface area contributed by atoms with Crippen LogP contribution in [-0.4, -0.2) is 17.9 Å². The van der Waals surface area contributed by atoms with Crippen molar-refractivity contribution in [3.8, 4) is 0 Å². The van der Waals surface area contributed by atoms with Crippen LogP contribution in [0.1, 0.15) is 43.9 Å². The number of fused-ring (bicyclic) bond motifs is 1. The zero-order chi connectivity index (χ0) is 21.8. The number of amides is 2. The molecule has 158 valence electrons. The van der Waals surface area contributed by atoms with E-state index in [1.165, 1.54) is 5.56 Å². The molecule has 0 aliphatic carbocycles. The minimum Gasteiger partial charge on any atom is -0.309 e. The summed E-state index contributed by atoms with van der Waals surface area (Å²) in [5, 5.41) is 0. The second-order valence-electron chi connectivity index (χ2n) is 8.13. The second kappa shape index (κ2) is 9.17. The molecule has 0 saturated heterocycles. The monoisotopic (exact) mass is 412 g/mol. The van der Waals surface area contributed by atoms with Gasteiger partial charge in [-0.25, -0.2) is 0 Å². The minimum atomic E-state index is -0.107. The van der Waals surface area contributed by atoms with Gasteiger partial charge in [-0.1, -0.05) is 66.7 Å². The normalized spacial score (nSPS) is 17.7. The quantitative estimate of drug-likeness (QED) is 0.552. The van der Waals surface area contributed by atoms with Gasteiger partial charge in [0.1, 0.15) is 0 Å². The summed E-state index contributed by atoms with van der Waals surface area (Å²) in [6.07, 6.45) is 1.88. The maximum Gasteiger partial charge on any atom is 0.227 e. The number of aryl methyl sites for hydroxylation is 1. The van der Waals surface area contributed by atoms with E-state index in [4.69, 9.17) is 0 Å². The number of para-hydroxylation sites is 2. The summed E-state index contributed by atoms with van der Waals surface area (Å²) >= 11 is 0. The fraction of sp³-hybridized carbons (Fsp3) is 0.259. The van der Waals surface area contributed by atoms with Gasteiger partial charge in [-0.3, -0.25) is 9.59 Å². The maximum absolute atomic E-state index is 13.3. The van der Waals surface area contributed by atoms with Crippen LogP contribution in [0.3, 0.4) is 0 Å². The number of carbonyl (C=O) groups excluding carboxylic acids is 2. The number of anilines is 2. The molecule has 4 nitrogen and oxygen atoms in total. The maximum atomic E-state index is 13.3. The first-order chi connectivity index (χ1) is 15.1. The molecule has 1 aliphatic heterocycles. The van der Waals surface area contributed by atoms with Crippen LogP contribution in [0.25, 0.3) is 0 Å². The molecule has 1 aliphatic rings. The molecule has 0 N–H and O–H groups in total. The molecule has 31 heavy (non-hydrogen) atoms. The lowest BCUT2D eigenvalue weighted by Crippen LogP contribution is -2.47. The highest BCUT2D eigenvalue weighted by Gasteiger charge is 2.37. The van der Waals surface area contributed by atoms with Gasteiger partial charge in [0, 0.05) is 30.8 Å². The molecule has 0 fully saturated rings. The van der Waals surface area contributed by atoms with Gasteiger partial charge in [-0.05, 0) is 49.1 Å². The van der Waals surface area contributed by atoms with Gasteiger partial charge in [0.15, 0.2) is 0 Å². The molecule has 0 saturated carbocycles. The van der Waals surface area contributed by atoms with Crippen molar-refractivity contribution in [1.82, 2.24) is 0 Å². The molecule has 3 aromatic carbocycles.